The van der Waals surface area contributed by atoms with E-state index in [2.05, 4.69) is 15.6 Å². The Labute approximate surface area is 165 Å². The van der Waals surface area contributed by atoms with Gasteiger partial charge in [-0.25, -0.2) is 9.38 Å². The maximum atomic E-state index is 12.9. The lowest BCUT2D eigenvalue weighted by Gasteiger charge is -2.11. The highest BCUT2D eigenvalue weighted by Gasteiger charge is 1.98. The topological polar surface area (TPSA) is 45.7 Å². The Morgan fingerprint density at radius 1 is 1.00 bits per heavy atom. The van der Waals surface area contributed by atoms with Crippen molar-refractivity contribution in [1.29, 1.82) is 0 Å². The molecular formula is C19H25FIN3O. The van der Waals surface area contributed by atoms with Crippen molar-refractivity contribution in [3.8, 4) is 0 Å². The molecule has 6 heteroatoms. The number of rotatable bonds is 8. The number of nitrogens with zero attached hydrogens (tertiary/aromatic N) is 1. The van der Waals surface area contributed by atoms with Crippen molar-refractivity contribution in [3.63, 3.8) is 0 Å². The van der Waals surface area contributed by atoms with Crippen molar-refractivity contribution in [3.05, 3.63) is 71.5 Å². The molecule has 2 aromatic carbocycles. The summed E-state index contributed by atoms with van der Waals surface area (Å²) in [6, 6.07) is 16.5. The van der Waals surface area contributed by atoms with Crippen molar-refractivity contribution in [2.24, 2.45) is 4.99 Å². The minimum Gasteiger partial charge on any atom is -0.375 e. The van der Waals surface area contributed by atoms with Gasteiger partial charge >= 0.3 is 0 Å². The summed E-state index contributed by atoms with van der Waals surface area (Å²) in [4.78, 5) is 4.49. The zero-order chi connectivity index (χ0) is 17.0. The van der Waals surface area contributed by atoms with E-state index >= 15 is 0 Å². The second-order valence-corrected chi connectivity index (χ2v) is 5.29. The molecule has 0 unspecified atom stereocenters. The first kappa shape index (κ1) is 21.4. The molecule has 0 aliphatic rings. The van der Waals surface area contributed by atoms with E-state index in [4.69, 9.17) is 4.74 Å². The van der Waals surface area contributed by atoms with Crippen LogP contribution in [0.15, 0.2) is 59.6 Å². The molecule has 0 spiro atoms. The molecule has 0 atom stereocenters. The normalized spacial score (nSPS) is 10.9. The number of guanidine groups is 1. The van der Waals surface area contributed by atoms with Crippen LogP contribution in [0.1, 0.15) is 18.1 Å². The van der Waals surface area contributed by atoms with Crippen LogP contribution < -0.4 is 10.6 Å². The van der Waals surface area contributed by atoms with E-state index < -0.39 is 0 Å². The summed E-state index contributed by atoms with van der Waals surface area (Å²) in [6.45, 7) is 5.16. The number of benzene rings is 2. The number of hydrogen-bond donors (Lipinski definition) is 2. The zero-order valence-electron chi connectivity index (χ0n) is 14.4. The van der Waals surface area contributed by atoms with E-state index in [9.17, 15) is 4.39 Å². The van der Waals surface area contributed by atoms with Crippen LogP contribution in [0.3, 0.4) is 0 Å². The highest BCUT2D eigenvalue weighted by Crippen LogP contribution is 2.04. The van der Waals surface area contributed by atoms with Crippen LogP contribution in [-0.4, -0.2) is 25.7 Å². The van der Waals surface area contributed by atoms with Crippen molar-refractivity contribution in [2.75, 3.05) is 19.7 Å². The van der Waals surface area contributed by atoms with E-state index in [-0.39, 0.29) is 29.8 Å². The van der Waals surface area contributed by atoms with Gasteiger partial charge in [-0.1, -0.05) is 42.5 Å². The summed E-state index contributed by atoms with van der Waals surface area (Å²) < 4.78 is 18.5. The fourth-order valence-corrected chi connectivity index (χ4v) is 2.11. The molecule has 0 bridgehead atoms. The molecule has 0 fully saturated rings. The second-order valence-electron chi connectivity index (χ2n) is 5.29. The van der Waals surface area contributed by atoms with Crippen LogP contribution in [0.4, 0.5) is 4.39 Å². The van der Waals surface area contributed by atoms with Gasteiger partial charge in [0.2, 0.25) is 0 Å². The van der Waals surface area contributed by atoms with Crippen molar-refractivity contribution in [1.82, 2.24) is 10.6 Å². The molecule has 0 aromatic heterocycles. The van der Waals surface area contributed by atoms with E-state index in [1.165, 1.54) is 12.1 Å². The van der Waals surface area contributed by atoms with Gasteiger partial charge in [0.1, 0.15) is 5.82 Å². The number of hydrogen-bond acceptors (Lipinski definition) is 2. The predicted octanol–water partition coefficient (Wildman–Crippen LogP) is 3.72. The molecule has 25 heavy (non-hydrogen) atoms. The Morgan fingerprint density at radius 2 is 1.72 bits per heavy atom. The number of aliphatic imine (C=N–C) groups is 1. The van der Waals surface area contributed by atoms with Gasteiger partial charge < -0.3 is 15.4 Å². The maximum absolute atomic E-state index is 12.9. The fraction of sp³-hybridized carbons (Fsp3) is 0.316. The Hall–Kier alpha value is -1.67. The van der Waals surface area contributed by atoms with Gasteiger partial charge in [-0.3, -0.25) is 0 Å². The Morgan fingerprint density at radius 3 is 2.40 bits per heavy atom. The van der Waals surface area contributed by atoms with Crippen LogP contribution in [0, 0.1) is 5.82 Å². The van der Waals surface area contributed by atoms with Crippen LogP contribution in [-0.2, 0) is 17.9 Å². The lowest BCUT2D eigenvalue weighted by atomic mass is 10.2. The third-order valence-corrected chi connectivity index (χ3v) is 3.33. The van der Waals surface area contributed by atoms with E-state index in [1.54, 1.807) is 12.1 Å². The highest BCUT2D eigenvalue weighted by atomic mass is 127. The van der Waals surface area contributed by atoms with E-state index in [0.29, 0.717) is 26.3 Å². The highest BCUT2D eigenvalue weighted by molar-refractivity contribution is 14.0. The standard InChI is InChI=1S/C19H24FN3O.HI/c1-2-21-19(23-14-16-8-10-18(20)11-9-16)22-12-13-24-15-17-6-4-3-5-7-17;/h3-11H,2,12-15H2,1H3,(H2,21,22,23);1H. The lowest BCUT2D eigenvalue weighted by Crippen LogP contribution is -2.38. The average molecular weight is 457 g/mol. The molecule has 0 saturated heterocycles. The minimum atomic E-state index is -0.233. The Kier molecular flexibility index (Phi) is 10.8. The molecule has 2 aromatic rings. The largest absolute Gasteiger partial charge is 0.375 e. The molecular weight excluding hydrogens is 432 g/mol. The summed E-state index contributed by atoms with van der Waals surface area (Å²) in [6.07, 6.45) is 0. The first-order valence-electron chi connectivity index (χ1n) is 8.16. The monoisotopic (exact) mass is 457 g/mol. The number of halogens is 2. The van der Waals surface area contributed by atoms with Gasteiger partial charge in [0.15, 0.2) is 5.96 Å². The van der Waals surface area contributed by atoms with Gasteiger partial charge in [0.25, 0.3) is 0 Å². The maximum Gasteiger partial charge on any atom is 0.191 e. The molecule has 4 nitrogen and oxygen atoms in total. The molecule has 2 N–H and O–H groups in total. The van der Waals surface area contributed by atoms with Crippen LogP contribution in [0.5, 0.6) is 0 Å². The smallest absolute Gasteiger partial charge is 0.191 e. The van der Waals surface area contributed by atoms with E-state index in [1.807, 2.05) is 37.3 Å². The SMILES string of the molecule is CCNC(=NCc1ccc(F)cc1)NCCOCc1ccccc1.I. The quantitative estimate of drug-likeness (QED) is 0.275. The summed E-state index contributed by atoms with van der Waals surface area (Å²) in [5.74, 6) is 0.494. The first-order chi connectivity index (χ1) is 11.8. The van der Waals surface area contributed by atoms with Crippen molar-refractivity contribution in [2.45, 2.75) is 20.1 Å². The molecule has 136 valence electrons. The molecule has 0 amide bonds. The molecule has 2 rings (SSSR count). The average Bonchev–Trinajstić information content (AvgIpc) is 2.61. The van der Waals surface area contributed by atoms with Crippen molar-refractivity contribution < 1.29 is 9.13 Å². The minimum absolute atomic E-state index is 0. The van der Waals surface area contributed by atoms with Gasteiger partial charge in [0.05, 0.1) is 19.8 Å². The van der Waals surface area contributed by atoms with Crippen LogP contribution in [0.25, 0.3) is 0 Å². The number of ether oxygens (including phenoxy) is 1. The van der Waals surface area contributed by atoms with E-state index in [0.717, 1.165) is 23.6 Å². The van der Waals surface area contributed by atoms with Crippen molar-refractivity contribution >= 4 is 29.9 Å². The molecule has 0 aliphatic carbocycles. The van der Waals surface area contributed by atoms with Gasteiger partial charge in [-0.2, -0.15) is 0 Å². The number of nitrogens with one attached hydrogen (secondary N) is 2. The molecule has 0 radical (unpaired) electrons. The fourth-order valence-electron chi connectivity index (χ4n) is 2.11. The molecule has 0 saturated carbocycles. The van der Waals surface area contributed by atoms with Gasteiger partial charge in [0, 0.05) is 13.1 Å². The summed E-state index contributed by atoms with van der Waals surface area (Å²) in [5.41, 5.74) is 2.13. The second kappa shape index (κ2) is 12.7. The molecule has 0 heterocycles. The predicted molar refractivity (Wildman–Crippen MR) is 111 cm³/mol. The first-order valence-corrected chi connectivity index (χ1v) is 8.16. The van der Waals surface area contributed by atoms with Crippen LogP contribution in [0.2, 0.25) is 0 Å². The third-order valence-electron chi connectivity index (χ3n) is 3.33. The van der Waals surface area contributed by atoms with Crippen LogP contribution >= 0.6 is 24.0 Å². The zero-order valence-corrected chi connectivity index (χ0v) is 16.7. The summed E-state index contributed by atoms with van der Waals surface area (Å²) in [5, 5.41) is 6.41. The Bertz CT molecular complexity index is 620. The third kappa shape index (κ3) is 8.83. The lowest BCUT2D eigenvalue weighted by molar-refractivity contribution is 0.125. The summed E-state index contributed by atoms with van der Waals surface area (Å²) in [7, 11) is 0. The summed E-state index contributed by atoms with van der Waals surface area (Å²) >= 11 is 0. The Balaban J connectivity index is 0.00000312. The molecule has 0 aliphatic heterocycles. The van der Waals surface area contributed by atoms with Gasteiger partial charge in [-0.05, 0) is 30.2 Å². The van der Waals surface area contributed by atoms with Gasteiger partial charge in [-0.15, -0.1) is 24.0 Å².